The van der Waals surface area contributed by atoms with E-state index >= 15 is 0 Å². The van der Waals surface area contributed by atoms with Crippen LogP contribution in [-0.2, 0) is 33.3 Å². The van der Waals surface area contributed by atoms with Crippen molar-refractivity contribution in [3.05, 3.63) is 36.0 Å². The molecule has 10 heteroatoms. The van der Waals surface area contributed by atoms with E-state index in [9.17, 15) is 24.6 Å². The fourth-order valence-electron chi connectivity index (χ4n) is 7.34. The van der Waals surface area contributed by atoms with Crippen LogP contribution in [-0.4, -0.2) is 95.9 Å². The first-order chi connectivity index (χ1) is 23.2. The molecule has 1 aliphatic carbocycles. The van der Waals surface area contributed by atoms with Crippen molar-refractivity contribution in [2.75, 3.05) is 20.8 Å². The Bertz CT molecular complexity index is 1180. The number of hydrogen-bond acceptors (Lipinski definition) is 9. The summed E-state index contributed by atoms with van der Waals surface area (Å²) in [6, 6.07) is -0.907. The molecule has 2 heterocycles. The number of hydrogen-bond donors (Lipinski definition) is 2. The standard InChI is InChI=1S/C39H63NO9/c1-25(2)14-10-9-11-15-26(3)34(46-7)24-31-19-17-28(5)39(45,49-31)36(42)37(43)40-21-13-12-16-32(40)38(44)48-29(6)27(4)22-30-18-20-33(41)35(23-30)47-8/h9-11,14-15,25,27-35,41,45H,12-13,16-24H2,1-8H3/b11-9+,14-10+,26-15+/t27-,28-,29+,30+,31+,32+,33-,34+,35-,39-/m1/s1. The van der Waals surface area contributed by atoms with E-state index in [1.54, 1.807) is 21.1 Å². The van der Waals surface area contributed by atoms with Gasteiger partial charge >= 0.3 is 5.97 Å². The molecule has 0 radical (unpaired) electrons. The van der Waals surface area contributed by atoms with Gasteiger partial charge in [-0.05, 0) is 95.0 Å². The number of rotatable bonds is 15. The molecule has 278 valence electrons. The Hall–Kier alpha value is -2.37. The quantitative estimate of drug-likeness (QED) is 0.126. The molecule has 3 aliphatic rings. The maximum absolute atomic E-state index is 13.8. The number of carbonyl (C=O) groups is 3. The number of methoxy groups -OCH3 is 2. The van der Waals surface area contributed by atoms with Gasteiger partial charge in [0.2, 0.25) is 5.79 Å². The zero-order valence-corrected chi connectivity index (χ0v) is 31.1. The van der Waals surface area contributed by atoms with E-state index in [1.165, 1.54) is 4.90 Å². The fraction of sp³-hybridized carbons (Fsp3) is 0.769. The number of carbonyl (C=O) groups excluding carboxylic acids is 3. The summed E-state index contributed by atoms with van der Waals surface area (Å²) < 4.78 is 23.2. The van der Waals surface area contributed by atoms with Crippen LogP contribution in [0, 0.1) is 23.7 Å². The largest absolute Gasteiger partial charge is 0.461 e. The number of Topliss-reactive ketones (excluding diaryl/α,β-unsaturated/α-hetero) is 1. The molecule has 2 aliphatic heterocycles. The third kappa shape index (κ3) is 11.3. The van der Waals surface area contributed by atoms with Gasteiger partial charge in [0.15, 0.2) is 0 Å². The monoisotopic (exact) mass is 689 g/mol. The lowest BCUT2D eigenvalue weighted by molar-refractivity contribution is -0.265. The Morgan fingerprint density at radius 1 is 0.980 bits per heavy atom. The molecule has 1 amide bonds. The van der Waals surface area contributed by atoms with Crippen molar-refractivity contribution in [3.8, 4) is 0 Å². The average Bonchev–Trinajstić information content (AvgIpc) is 3.08. The van der Waals surface area contributed by atoms with Crippen LogP contribution in [0.15, 0.2) is 36.0 Å². The fourth-order valence-corrected chi connectivity index (χ4v) is 7.34. The van der Waals surface area contributed by atoms with Gasteiger partial charge in [-0.15, -0.1) is 0 Å². The van der Waals surface area contributed by atoms with Crippen molar-refractivity contribution in [3.63, 3.8) is 0 Å². The zero-order chi connectivity index (χ0) is 36.3. The van der Waals surface area contributed by atoms with Crippen LogP contribution < -0.4 is 0 Å². The summed E-state index contributed by atoms with van der Waals surface area (Å²) in [6.45, 7) is 12.0. The molecule has 0 spiro atoms. The first kappa shape index (κ1) is 41.1. The SMILES string of the molecule is CO[C@@H](C[C@@H]1CC[C@@H](C)[C@](O)(C(=O)C(=O)N2CCCC[C@H]2C(=O)O[C@@H](C)[C@H](C)C[C@@H]2CC[C@@H](O)[C@H](OC)C2)O1)/C(C)=C/C=C/C=C/C(C)C. The maximum atomic E-state index is 13.8. The number of amides is 1. The van der Waals surface area contributed by atoms with Crippen molar-refractivity contribution in [1.29, 1.82) is 0 Å². The first-order valence-electron chi connectivity index (χ1n) is 18.4. The van der Waals surface area contributed by atoms with E-state index in [-0.39, 0.29) is 24.7 Å². The lowest BCUT2D eigenvalue weighted by Crippen LogP contribution is -2.60. The van der Waals surface area contributed by atoms with Crippen LogP contribution in [0.3, 0.4) is 0 Å². The van der Waals surface area contributed by atoms with Crippen molar-refractivity contribution in [1.82, 2.24) is 4.90 Å². The highest BCUT2D eigenvalue weighted by atomic mass is 16.6. The predicted molar refractivity (Wildman–Crippen MR) is 188 cm³/mol. The van der Waals surface area contributed by atoms with Crippen molar-refractivity contribution in [2.24, 2.45) is 23.7 Å². The van der Waals surface area contributed by atoms with Crippen molar-refractivity contribution >= 4 is 17.7 Å². The van der Waals surface area contributed by atoms with Gasteiger partial charge < -0.3 is 34.1 Å². The van der Waals surface area contributed by atoms with Crippen LogP contribution in [0.25, 0.3) is 0 Å². The molecular formula is C39H63NO9. The minimum atomic E-state index is -2.31. The minimum Gasteiger partial charge on any atom is -0.461 e. The summed E-state index contributed by atoms with van der Waals surface area (Å²) in [5.41, 5.74) is 0.972. The van der Waals surface area contributed by atoms with Crippen molar-refractivity contribution in [2.45, 2.75) is 148 Å². The topological polar surface area (TPSA) is 132 Å². The Balaban J connectivity index is 1.64. The van der Waals surface area contributed by atoms with E-state index in [0.29, 0.717) is 50.4 Å². The lowest BCUT2D eigenvalue weighted by Gasteiger charge is -2.42. The lowest BCUT2D eigenvalue weighted by atomic mass is 9.79. The molecule has 2 saturated heterocycles. The number of aliphatic hydroxyl groups is 2. The highest BCUT2D eigenvalue weighted by molar-refractivity contribution is 6.39. The zero-order valence-electron chi connectivity index (χ0n) is 31.1. The Morgan fingerprint density at radius 3 is 2.39 bits per heavy atom. The van der Waals surface area contributed by atoms with Crippen LogP contribution in [0.2, 0.25) is 0 Å². The second-order valence-corrected chi connectivity index (χ2v) is 15.0. The van der Waals surface area contributed by atoms with Crippen LogP contribution in [0.1, 0.15) is 106 Å². The minimum absolute atomic E-state index is 0.0531. The molecule has 10 atom stereocenters. The number of nitrogens with zero attached hydrogens (tertiary/aromatic N) is 1. The number of aliphatic hydroxyl groups excluding tert-OH is 1. The van der Waals surface area contributed by atoms with Crippen LogP contribution in [0.5, 0.6) is 0 Å². The molecule has 0 aromatic rings. The van der Waals surface area contributed by atoms with E-state index < -0.39 is 53.7 Å². The second-order valence-electron chi connectivity index (χ2n) is 15.0. The van der Waals surface area contributed by atoms with E-state index in [2.05, 4.69) is 19.9 Å². The summed E-state index contributed by atoms with van der Waals surface area (Å²) in [4.78, 5) is 42.4. The van der Waals surface area contributed by atoms with Gasteiger partial charge in [-0.1, -0.05) is 58.1 Å². The van der Waals surface area contributed by atoms with E-state index in [0.717, 1.165) is 31.3 Å². The summed E-state index contributed by atoms with van der Waals surface area (Å²) in [5.74, 6) is -4.53. The number of ketones is 1. The maximum Gasteiger partial charge on any atom is 0.329 e. The third-order valence-corrected chi connectivity index (χ3v) is 10.8. The van der Waals surface area contributed by atoms with Gasteiger partial charge in [0.1, 0.15) is 12.1 Å². The second kappa shape index (κ2) is 19.3. The van der Waals surface area contributed by atoms with Gasteiger partial charge in [0, 0.05) is 33.1 Å². The number of allylic oxidation sites excluding steroid dienone is 5. The molecule has 0 aromatic heterocycles. The molecule has 49 heavy (non-hydrogen) atoms. The molecule has 0 aromatic carbocycles. The molecule has 10 nitrogen and oxygen atoms in total. The molecular weight excluding hydrogens is 626 g/mol. The molecule has 3 fully saturated rings. The van der Waals surface area contributed by atoms with E-state index in [1.807, 2.05) is 45.1 Å². The molecule has 2 N–H and O–H groups in total. The first-order valence-corrected chi connectivity index (χ1v) is 18.4. The van der Waals surface area contributed by atoms with Gasteiger partial charge in [-0.3, -0.25) is 9.59 Å². The Kier molecular flexibility index (Phi) is 16.2. The number of likely N-dealkylation sites (tertiary alicyclic amines) is 1. The van der Waals surface area contributed by atoms with Gasteiger partial charge in [0.25, 0.3) is 11.7 Å². The highest BCUT2D eigenvalue weighted by Crippen LogP contribution is 2.37. The van der Waals surface area contributed by atoms with Gasteiger partial charge in [-0.2, -0.15) is 0 Å². The molecule has 0 unspecified atom stereocenters. The molecule has 1 saturated carbocycles. The Morgan fingerprint density at radius 2 is 1.71 bits per heavy atom. The average molecular weight is 690 g/mol. The van der Waals surface area contributed by atoms with Crippen LogP contribution >= 0.6 is 0 Å². The number of esters is 1. The summed E-state index contributed by atoms with van der Waals surface area (Å²) in [5, 5.41) is 21.8. The third-order valence-electron chi connectivity index (χ3n) is 10.8. The van der Waals surface area contributed by atoms with Gasteiger partial charge in [0.05, 0.1) is 24.4 Å². The van der Waals surface area contributed by atoms with E-state index in [4.69, 9.17) is 18.9 Å². The molecule has 0 bridgehead atoms. The summed E-state index contributed by atoms with van der Waals surface area (Å²) in [7, 11) is 3.24. The van der Waals surface area contributed by atoms with Gasteiger partial charge in [-0.25, -0.2) is 4.79 Å². The highest BCUT2D eigenvalue weighted by Gasteiger charge is 2.53. The van der Waals surface area contributed by atoms with Crippen LogP contribution in [0.4, 0.5) is 0 Å². The normalized spacial score (nSPS) is 32.0. The predicted octanol–water partition coefficient (Wildman–Crippen LogP) is 5.69. The Labute approximate surface area is 294 Å². The van der Waals surface area contributed by atoms with Crippen molar-refractivity contribution < 1.29 is 43.5 Å². The summed E-state index contributed by atoms with van der Waals surface area (Å²) in [6.07, 6.45) is 14.5. The smallest absolute Gasteiger partial charge is 0.329 e. The summed E-state index contributed by atoms with van der Waals surface area (Å²) >= 11 is 0. The molecule has 3 rings (SSSR count). The number of piperidine rings is 1. The number of ether oxygens (including phenoxy) is 4.